The first-order chi connectivity index (χ1) is 13.6. The average Bonchev–Trinajstić information content (AvgIpc) is 3.16. The molecular formula is C21H27ClN4OS. The van der Waals surface area contributed by atoms with E-state index in [9.17, 15) is 4.79 Å². The Kier molecular flexibility index (Phi) is 6.31. The predicted molar refractivity (Wildman–Crippen MR) is 115 cm³/mol. The maximum absolute atomic E-state index is 12.8. The topological polar surface area (TPSA) is 39.7 Å². The molecule has 2 fully saturated rings. The van der Waals surface area contributed by atoms with E-state index in [0.29, 0.717) is 17.5 Å². The smallest absolute Gasteiger partial charge is 0.228 e. The van der Waals surface area contributed by atoms with Crippen molar-refractivity contribution >= 4 is 28.8 Å². The van der Waals surface area contributed by atoms with E-state index in [1.165, 1.54) is 19.4 Å². The molecule has 5 nitrogen and oxygen atoms in total. The van der Waals surface area contributed by atoms with Gasteiger partial charge in [0.05, 0.1) is 17.1 Å². The number of hydrogen-bond donors (Lipinski definition) is 0. The largest absolute Gasteiger partial charge is 0.340 e. The second kappa shape index (κ2) is 8.91. The van der Waals surface area contributed by atoms with Crippen LogP contribution in [0.5, 0.6) is 0 Å². The number of nitrogens with zero attached hydrogens (tertiary/aromatic N) is 4. The molecule has 0 N–H and O–H groups in total. The molecule has 28 heavy (non-hydrogen) atoms. The summed E-state index contributed by atoms with van der Waals surface area (Å²) in [6.45, 7) is 5.95. The molecule has 0 aliphatic carbocycles. The zero-order chi connectivity index (χ0) is 19.5. The number of likely N-dealkylation sites (tertiary alicyclic amines) is 1. The molecule has 2 aromatic rings. The van der Waals surface area contributed by atoms with Crippen molar-refractivity contribution in [3.05, 3.63) is 40.4 Å². The normalized spacial score (nSPS) is 21.8. The minimum Gasteiger partial charge on any atom is -0.340 e. The molecule has 0 radical (unpaired) electrons. The van der Waals surface area contributed by atoms with Crippen LogP contribution >= 0.6 is 22.9 Å². The lowest BCUT2D eigenvalue weighted by Crippen LogP contribution is -2.55. The molecule has 2 saturated heterocycles. The molecule has 0 saturated carbocycles. The molecule has 7 heteroatoms. The molecule has 150 valence electrons. The average molecular weight is 419 g/mol. The number of carbonyl (C=O) groups excluding carboxylic acids is 1. The van der Waals surface area contributed by atoms with Gasteiger partial charge < -0.3 is 9.80 Å². The number of hydrogen-bond acceptors (Lipinski definition) is 5. The highest BCUT2D eigenvalue weighted by Crippen LogP contribution is 2.30. The van der Waals surface area contributed by atoms with Gasteiger partial charge >= 0.3 is 0 Å². The van der Waals surface area contributed by atoms with Gasteiger partial charge in [0.25, 0.3) is 0 Å². The van der Waals surface area contributed by atoms with Crippen LogP contribution in [0.15, 0.2) is 29.6 Å². The SMILES string of the molecule is CN1CCCC(N2CCN(C(=O)Cc3csc(-c4ccccc4Cl)n3)CC2)C1. The van der Waals surface area contributed by atoms with Crippen molar-refractivity contribution in [2.75, 3.05) is 46.3 Å². The molecule has 1 atom stereocenters. The van der Waals surface area contributed by atoms with E-state index in [0.717, 1.165) is 49.0 Å². The molecule has 0 spiro atoms. The fraction of sp³-hybridized carbons (Fsp3) is 0.524. The zero-order valence-corrected chi connectivity index (χ0v) is 17.9. The molecule has 1 aromatic carbocycles. The highest BCUT2D eigenvalue weighted by atomic mass is 35.5. The number of aromatic nitrogens is 1. The van der Waals surface area contributed by atoms with Crippen LogP contribution in [0.2, 0.25) is 5.02 Å². The van der Waals surface area contributed by atoms with Crippen molar-refractivity contribution in [2.24, 2.45) is 0 Å². The van der Waals surface area contributed by atoms with Crippen LogP contribution in [-0.4, -0.2) is 77.9 Å². The third-order valence-corrected chi connectivity index (χ3v) is 7.03. The van der Waals surface area contributed by atoms with E-state index < -0.39 is 0 Å². The molecule has 4 rings (SSSR count). The van der Waals surface area contributed by atoms with Crippen LogP contribution in [0.1, 0.15) is 18.5 Å². The number of likely N-dealkylation sites (N-methyl/N-ethyl adjacent to an activating group) is 1. The van der Waals surface area contributed by atoms with Crippen molar-refractivity contribution < 1.29 is 4.79 Å². The lowest BCUT2D eigenvalue weighted by atomic mass is 10.0. The molecule has 1 aromatic heterocycles. The molecule has 1 unspecified atom stereocenters. The third-order valence-electron chi connectivity index (χ3n) is 5.77. The summed E-state index contributed by atoms with van der Waals surface area (Å²) in [5.41, 5.74) is 1.76. The number of rotatable bonds is 4. The van der Waals surface area contributed by atoms with E-state index in [1.807, 2.05) is 34.5 Å². The van der Waals surface area contributed by atoms with E-state index in [1.54, 1.807) is 11.3 Å². The van der Waals surface area contributed by atoms with Crippen molar-refractivity contribution in [3.8, 4) is 10.6 Å². The number of amides is 1. The lowest BCUT2D eigenvalue weighted by molar-refractivity contribution is -0.132. The molecular weight excluding hydrogens is 392 g/mol. The molecule has 0 bridgehead atoms. The first-order valence-corrected chi connectivity index (χ1v) is 11.3. The van der Waals surface area contributed by atoms with Gasteiger partial charge in [-0.1, -0.05) is 29.8 Å². The second-order valence-electron chi connectivity index (χ2n) is 7.78. The van der Waals surface area contributed by atoms with Gasteiger partial charge in [-0.2, -0.15) is 0 Å². The lowest BCUT2D eigenvalue weighted by Gasteiger charge is -2.42. The van der Waals surface area contributed by atoms with Gasteiger partial charge in [-0.05, 0) is 32.5 Å². The van der Waals surface area contributed by atoms with Crippen LogP contribution < -0.4 is 0 Å². The summed E-state index contributed by atoms with van der Waals surface area (Å²) in [5.74, 6) is 0.177. The first kappa shape index (κ1) is 19.8. The summed E-state index contributed by atoms with van der Waals surface area (Å²) >= 11 is 7.81. The fourth-order valence-corrected chi connectivity index (χ4v) is 5.33. The van der Waals surface area contributed by atoms with Crippen molar-refractivity contribution in [1.29, 1.82) is 0 Å². The number of benzene rings is 1. The van der Waals surface area contributed by atoms with Crippen molar-refractivity contribution in [3.63, 3.8) is 0 Å². The Morgan fingerprint density at radius 3 is 2.75 bits per heavy atom. The Morgan fingerprint density at radius 1 is 1.21 bits per heavy atom. The Labute approximate surface area is 175 Å². The molecule has 3 heterocycles. The minimum atomic E-state index is 0.177. The van der Waals surface area contributed by atoms with Crippen LogP contribution in [0, 0.1) is 0 Å². The predicted octanol–water partition coefficient (Wildman–Crippen LogP) is 3.24. The number of carbonyl (C=O) groups is 1. The summed E-state index contributed by atoms with van der Waals surface area (Å²) in [7, 11) is 2.21. The third kappa shape index (κ3) is 4.57. The van der Waals surface area contributed by atoms with Gasteiger partial charge in [0.1, 0.15) is 5.01 Å². The summed E-state index contributed by atoms with van der Waals surface area (Å²) < 4.78 is 0. The highest BCUT2D eigenvalue weighted by molar-refractivity contribution is 7.13. The van der Waals surface area contributed by atoms with E-state index in [4.69, 9.17) is 11.6 Å². The standard InChI is InChI=1S/C21H27ClN4OS/c1-24-8-4-5-17(14-24)25-9-11-26(12-10-25)20(27)13-16-15-28-21(23-16)18-6-2-3-7-19(18)22/h2-3,6-7,15,17H,4-5,8-14H2,1H3. The van der Waals surface area contributed by atoms with Crippen LogP contribution in [-0.2, 0) is 11.2 Å². The summed E-state index contributed by atoms with van der Waals surface area (Å²) in [5, 5.41) is 3.55. The minimum absolute atomic E-state index is 0.177. The Balaban J connectivity index is 1.31. The highest BCUT2D eigenvalue weighted by Gasteiger charge is 2.28. The van der Waals surface area contributed by atoms with E-state index >= 15 is 0 Å². The number of piperazine rings is 1. The van der Waals surface area contributed by atoms with E-state index in [2.05, 4.69) is 21.8 Å². The summed E-state index contributed by atoms with van der Waals surface area (Å²) in [6.07, 6.45) is 2.92. The molecule has 2 aliphatic heterocycles. The fourth-order valence-electron chi connectivity index (χ4n) is 4.19. The summed E-state index contributed by atoms with van der Waals surface area (Å²) in [6, 6.07) is 8.35. The monoisotopic (exact) mass is 418 g/mol. The molecule has 1 amide bonds. The maximum Gasteiger partial charge on any atom is 0.228 e. The van der Waals surface area contributed by atoms with Gasteiger partial charge in [-0.15, -0.1) is 11.3 Å². The van der Waals surface area contributed by atoms with Crippen LogP contribution in [0.25, 0.3) is 10.6 Å². The Hall–Kier alpha value is -1.47. The number of piperidine rings is 1. The molecule has 2 aliphatic rings. The number of halogens is 1. The summed E-state index contributed by atoms with van der Waals surface area (Å²) in [4.78, 5) is 24.4. The van der Waals surface area contributed by atoms with E-state index in [-0.39, 0.29) is 5.91 Å². The van der Waals surface area contributed by atoms with Crippen molar-refractivity contribution in [2.45, 2.75) is 25.3 Å². The Morgan fingerprint density at radius 2 is 2.00 bits per heavy atom. The van der Waals surface area contributed by atoms with Crippen LogP contribution in [0.3, 0.4) is 0 Å². The quantitative estimate of drug-likeness (QED) is 0.764. The van der Waals surface area contributed by atoms with Gasteiger partial charge in [0.15, 0.2) is 0 Å². The van der Waals surface area contributed by atoms with Gasteiger partial charge in [-0.25, -0.2) is 4.98 Å². The van der Waals surface area contributed by atoms with Gasteiger partial charge in [0.2, 0.25) is 5.91 Å². The Bertz CT molecular complexity index is 818. The first-order valence-electron chi connectivity index (χ1n) is 10.00. The number of thiazole rings is 1. The van der Waals surface area contributed by atoms with Crippen LogP contribution in [0.4, 0.5) is 0 Å². The van der Waals surface area contributed by atoms with Gasteiger partial charge in [0, 0.05) is 49.7 Å². The second-order valence-corrected chi connectivity index (χ2v) is 9.04. The maximum atomic E-state index is 12.8. The van der Waals surface area contributed by atoms with Gasteiger partial charge in [-0.3, -0.25) is 9.69 Å². The zero-order valence-electron chi connectivity index (χ0n) is 16.3. The van der Waals surface area contributed by atoms with Crippen molar-refractivity contribution in [1.82, 2.24) is 19.7 Å².